The van der Waals surface area contributed by atoms with Gasteiger partial charge in [-0.15, -0.1) is 13.2 Å². The van der Waals surface area contributed by atoms with Crippen molar-refractivity contribution in [3.05, 3.63) is 72.8 Å². The molecule has 5 nitrogen and oxygen atoms in total. The minimum atomic E-state index is 0.0193. The van der Waals surface area contributed by atoms with Crippen molar-refractivity contribution < 1.29 is 24.1 Å². The normalized spacial score (nSPS) is 10.6. The molecule has 0 aliphatic rings. The summed E-state index contributed by atoms with van der Waals surface area (Å²) in [5.41, 5.74) is 4.31. The maximum Gasteiger partial charge on any atom is 0.127 e. The van der Waals surface area contributed by atoms with Gasteiger partial charge in [0.1, 0.15) is 18.1 Å². The first-order chi connectivity index (χ1) is 15.2. The van der Waals surface area contributed by atoms with Gasteiger partial charge in [0.05, 0.1) is 39.6 Å². The number of hydrogen-bond donors (Lipinski definition) is 1. The van der Waals surface area contributed by atoms with Crippen LogP contribution in [0.5, 0.6) is 11.5 Å². The van der Waals surface area contributed by atoms with E-state index in [0.29, 0.717) is 39.6 Å². The van der Waals surface area contributed by atoms with E-state index in [2.05, 4.69) is 37.4 Å². The fourth-order valence-electron chi connectivity index (χ4n) is 3.17. The first kappa shape index (κ1) is 24.7. The Morgan fingerprint density at radius 2 is 1.26 bits per heavy atom. The van der Waals surface area contributed by atoms with E-state index in [4.69, 9.17) is 24.1 Å². The molecule has 0 radical (unpaired) electrons. The quantitative estimate of drug-likeness (QED) is 0.314. The SMILES string of the molecule is C=CCc1ccc(OCC)c(-c2cc(CC=C)ccc2OCCOCCOCCO)c1. The number of allylic oxidation sites excluding steroid dienone is 2. The Kier molecular flexibility index (Phi) is 11.5. The Balaban J connectivity index is 2.20. The summed E-state index contributed by atoms with van der Waals surface area (Å²) in [7, 11) is 0. The Labute approximate surface area is 185 Å². The number of ether oxygens (including phenoxy) is 4. The fourth-order valence-corrected chi connectivity index (χ4v) is 3.17. The molecule has 5 heteroatoms. The number of aliphatic hydroxyl groups is 1. The van der Waals surface area contributed by atoms with Crippen LogP contribution in [0.3, 0.4) is 0 Å². The van der Waals surface area contributed by atoms with E-state index in [0.717, 1.165) is 41.0 Å². The molecule has 0 aliphatic heterocycles. The fraction of sp³-hybridized carbons (Fsp3) is 0.385. The van der Waals surface area contributed by atoms with Crippen molar-refractivity contribution in [1.29, 1.82) is 0 Å². The summed E-state index contributed by atoms with van der Waals surface area (Å²) in [5.74, 6) is 1.61. The molecule has 0 aromatic heterocycles. The van der Waals surface area contributed by atoms with E-state index in [1.807, 2.05) is 31.2 Å². The monoisotopic (exact) mass is 426 g/mol. The molecule has 2 rings (SSSR count). The van der Waals surface area contributed by atoms with Crippen molar-refractivity contribution in [1.82, 2.24) is 0 Å². The van der Waals surface area contributed by atoms with Crippen molar-refractivity contribution in [3.8, 4) is 22.6 Å². The van der Waals surface area contributed by atoms with Gasteiger partial charge in [-0.3, -0.25) is 0 Å². The van der Waals surface area contributed by atoms with Gasteiger partial charge in [-0.1, -0.05) is 24.3 Å². The van der Waals surface area contributed by atoms with Gasteiger partial charge in [0.25, 0.3) is 0 Å². The van der Waals surface area contributed by atoms with Crippen molar-refractivity contribution in [2.45, 2.75) is 19.8 Å². The zero-order valence-electron chi connectivity index (χ0n) is 18.5. The maximum atomic E-state index is 8.70. The van der Waals surface area contributed by atoms with E-state index < -0.39 is 0 Å². The molecule has 2 aromatic carbocycles. The molecule has 0 spiro atoms. The van der Waals surface area contributed by atoms with Gasteiger partial charge in [-0.25, -0.2) is 0 Å². The van der Waals surface area contributed by atoms with Gasteiger partial charge in [-0.05, 0) is 55.2 Å². The van der Waals surface area contributed by atoms with Crippen LogP contribution in [0.15, 0.2) is 61.7 Å². The van der Waals surface area contributed by atoms with Crippen LogP contribution in [0.2, 0.25) is 0 Å². The topological polar surface area (TPSA) is 57.2 Å². The molecule has 0 bridgehead atoms. The molecule has 0 fully saturated rings. The highest BCUT2D eigenvalue weighted by molar-refractivity contribution is 5.77. The minimum absolute atomic E-state index is 0.0193. The molecule has 31 heavy (non-hydrogen) atoms. The first-order valence-electron chi connectivity index (χ1n) is 10.7. The largest absolute Gasteiger partial charge is 0.493 e. The van der Waals surface area contributed by atoms with Crippen molar-refractivity contribution in [2.75, 3.05) is 46.2 Å². The second kappa shape index (κ2) is 14.4. The molecule has 0 unspecified atom stereocenters. The summed E-state index contributed by atoms with van der Waals surface area (Å²) in [4.78, 5) is 0. The average molecular weight is 427 g/mol. The van der Waals surface area contributed by atoms with Crippen LogP contribution in [-0.2, 0) is 22.3 Å². The van der Waals surface area contributed by atoms with Crippen LogP contribution >= 0.6 is 0 Å². The van der Waals surface area contributed by atoms with Crippen molar-refractivity contribution >= 4 is 0 Å². The summed E-state index contributed by atoms with van der Waals surface area (Å²) in [6.07, 6.45) is 5.35. The lowest BCUT2D eigenvalue weighted by Gasteiger charge is -2.17. The number of hydrogen-bond acceptors (Lipinski definition) is 5. The number of aliphatic hydroxyl groups excluding tert-OH is 1. The van der Waals surface area contributed by atoms with E-state index in [9.17, 15) is 0 Å². The Morgan fingerprint density at radius 1 is 0.742 bits per heavy atom. The van der Waals surface area contributed by atoms with Crippen LogP contribution in [0.4, 0.5) is 0 Å². The lowest BCUT2D eigenvalue weighted by atomic mass is 9.97. The van der Waals surface area contributed by atoms with Gasteiger partial charge in [0.15, 0.2) is 0 Å². The average Bonchev–Trinajstić information content (AvgIpc) is 2.78. The molecule has 2 aromatic rings. The highest BCUT2D eigenvalue weighted by Gasteiger charge is 2.14. The summed E-state index contributed by atoms with van der Waals surface area (Å²) < 4.78 is 22.7. The van der Waals surface area contributed by atoms with Gasteiger partial charge >= 0.3 is 0 Å². The van der Waals surface area contributed by atoms with E-state index >= 15 is 0 Å². The zero-order chi connectivity index (χ0) is 22.3. The molecule has 1 N–H and O–H groups in total. The van der Waals surface area contributed by atoms with Gasteiger partial charge in [-0.2, -0.15) is 0 Å². The number of benzene rings is 2. The predicted molar refractivity (Wildman–Crippen MR) is 125 cm³/mol. The van der Waals surface area contributed by atoms with Crippen molar-refractivity contribution in [2.24, 2.45) is 0 Å². The third-order valence-electron chi connectivity index (χ3n) is 4.53. The Morgan fingerprint density at radius 3 is 1.77 bits per heavy atom. The molecular formula is C26H34O5. The molecule has 0 amide bonds. The van der Waals surface area contributed by atoms with Gasteiger partial charge in [0, 0.05) is 11.1 Å². The standard InChI is InChI=1S/C26H34O5/c1-4-7-21-9-11-25(30-6-3)23(19-21)24-20-22(8-5-2)10-12-26(24)31-18-17-29-16-15-28-14-13-27/h4-5,9-12,19-20,27H,1-2,6-8,13-18H2,3H3. The smallest absolute Gasteiger partial charge is 0.127 e. The summed E-state index contributed by atoms with van der Waals surface area (Å²) in [6.45, 7) is 12.4. The highest BCUT2D eigenvalue weighted by Crippen LogP contribution is 2.38. The van der Waals surface area contributed by atoms with E-state index in [1.54, 1.807) is 0 Å². The lowest BCUT2D eigenvalue weighted by molar-refractivity contribution is 0.0247. The molecule has 0 saturated carbocycles. The van der Waals surface area contributed by atoms with Gasteiger partial charge < -0.3 is 24.1 Å². The molecular weight excluding hydrogens is 392 g/mol. The molecule has 0 saturated heterocycles. The Hall–Kier alpha value is -2.60. The van der Waals surface area contributed by atoms with Gasteiger partial charge in [0.2, 0.25) is 0 Å². The minimum Gasteiger partial charge on any atom is -0.493 e. The summed E-state index contributed by atoms with van der Waals surface area (Å²) in [6, 6.07) is 12.4. The van der Waals surface area contributed by atoms with Crippen LogP contribution in [-0.4, -0.2) is 51.4 Å². The van der Waals surface area contributed by atoms with Crippen LogP contribution < -0.4 is 9.47 Å². The molecule has 168 valence electrons. The predicted octanol–water partition coefficient (Wildman–Crippen LogP) is 4.61. The third-order valence-corrected chi connectivity index (χ3v) is 4.53. The van der Waals surface area contributed by atoms with E-state index in [1.165, 1.54) is 5.56 Å². The highest BCUT2D eigenvalue weighted by atomic mass is 16.5. The lowest BCUT2D eigenvalue weighted by Crippen LogP contribution is -2.12. The van der Waals surface area contributed by atoms with Crippen LogP contribution in [0, 0.1) is 0 Å². The second-order valence-corrected chi connectivity index (χ2v) is 6.88. The Bertz CT molecular complexity index is 815. The van der Waals surface area contributed by atoms with Crippen LogP contribution in [0.25, 0.3) is 11.1 Å². The molecule has 0 aliphatic carbocycles. The second-order valence-electron chi connectivity index (χ2n) is 6.88. The third kappa shape index (κ3) is 8.21. The summed E-state index contributed by atoms with van der Waals surface area (Å²) >= 11 is 0. The number of rotatable bonds is 16. The van der Waals surface area contributed by atoms with Crippen LogP contribution in [0.1, 0.15) is 18.1 Å². The first-order valence-corrected chi connectivity index (χ1v) is 10.7. The molecule has 0 atom stereocenters. The van der Waals surface area contributed by atoms with E-state index in [-0.39, 0.29) is 6.61 Å². The maximum absolute atomic E-state index is 8.70. The molecule has 0 heterocycles. The van der Waals surface area contributed by atoms with Crippen molar-refractivity contribution in [3.63, 3.8) is 0 Å². The zero-order valence-corrected chi connectivity index (χ0v) is 18.5. The summed E-state index contributed by atoms with van der Waals surface area (Å²) in [5, 5.41) is 8.70.